The first-order valence-electron chi connectivity index (χ1n) is 15.3. The van der Waals surface area contributed by atoms with Crippen LogP contribution in [-0.4, -0.2) is 60.0 Å². The lowest BCUT2D eigenvalue weighted by molar-refractivity contribution is -0.198. The molecule has 1 aliphatic carbocycles. The Bertz CT molecular complexity index is 1600. The average molecular weight is 635 g/mol. The summed E-state index contributed by atoms with van der Waals surface area (Å²) in [4.78, 5) is 13.4. The molecule has 1 fully saturated rings. The zero-order valence-electron chi connectivity index (χ0n) is 25.4. The largest absolute Gasteiger partial charge is 0.416 e. The van der Waals surface area contributed by atoms with Gasteiger partial charge in [0.15, 0.2) is 6.10 Å². The molecule has 1 aromatic carbocycles. The predicted molar refractivity (Wildman–Crippen MR) is 165 cm³/mol. The highest BCUT2D eigenvalue weighted by atomic mass is 19.4. The van der Waals surface area contributed by atoms with E-state index in [2.05, 4.69) is 25.7 Å². The third-order valence-corrected chi connectivity index (χ3v) is 8.53. The monoisotopic (exact) mass is 634 g/mol. The van der Waals surface area contributed by atoms with Crippen LogP contribution in [0.1, 0.15) is 54.2 Å². The molecule has 4 aromatic rings. The number of rotatable bonds is 12. The predicted octanol–water partition coefficient (Wildman–Crippen LogP) is 4.72. The number of alkyl halides is 3. The summed E-state index contributed by atoms with van der Waals surface area (Å²) in [5, 5.41) is 40.2. The molecule has 46 heavy (non-hydrogen) atoms. The molecule has 242 valence electrons. The lowest BCUT2D eigenvalue weighted by atomic mass is 9.73. The summed E-state index contributed by atoms with van der Waals surface area (Å²) in [6.45, 7) is -0.312. The first-order chi connectivity index (χ1) is 22.1. The smallest absolute Gasteiger partial charge is 0.382 e. The molecule has 0 radical (unpaired) electrons. The maximum atomic E-state index is 12.8. The second-order valence-electron chi connectivity index (χ2n) is 11.8. The van der Waals surface area contributed by atoms with Gasteiger partial charge in [-0.25, -0.2) is 9.97 Å². The van der Waals surface area contributed by atoms with E-state index < -0.39 is 25.1 Å². The fourth-order valence-electron chi connectivity index (χ4n) is 6.00. The lowest BCUT2D eigenvalue weighted by Gasteiger charge is -2.36. The van der Waals surface area contributed by atoms with Crippen LogP contribution in [0.5, 0.6) is 0 Å². The van der Waals surface area contributed by atoms with E-state index in [1.54, 1.807) is 10.9 Å². The minimum atomic E-state index is -4.78. The van der Waals surface area contributed by atoms with Gasteiger partial charge in [-0.15, -0.1) is 0 Å². The van der Waals surface area contributed by atoms with Gasteiger partial charge in [-0.1, -0.05) is 36.4 Å². The number of nitriles is 1. The van der Waals surface area contributed by atoms with E-state index in [-0.39, 0.29) is 29.1 Å². The number of halogens is 3. The molecule has 1 saturated carbocycles. The summed E-state index contributed by atoms with van der Waals surface area (Å²) in [5.41, 5.74) is 3.77. The van der Waals surface area contributed by atoms with Gasteiger partial charge in [0.2, 0.25) is 0 Å². The van der Waals surface area contributed by atoms with Crippen LogP contribution < -0.4 is 10.6 Å². The Hall–Kier alpha value is -4.38. The Morgan fingerprint density at radius 3 is 2.39 bits per heavy atom. The fraction of sp³-hybridized carbons (Fsp3) is 0.424. The van der Waals surface area contributed by atoms with Gasteiger partial charge in [0.05, 0.1) is 18.9 Å². The van der Waals surface area contributed by atoms with Crippen LogP contribution in [0.2, 0.25) is 0 Å². The number of hydrogen-bond acceptors (Lipinski definition) is 9. The summed E-state index contributed by atoms with van der Waals surface area (Å²) in [6.07, 6.45) is 2.43. The van der Waals surface area contributed by atoms with Crippen molar-refractivity contribution in [1.82, 2.24) is 30.0 Å². The SMILES string of the molecule is Cn1cc(-c2ccc(C(C(O)NCc3ccccc3)[C@H]3CC[C@H](Cc4ncc(C#N)c(NCC(O)C(F)(F)F)n4)CC3)nc2)cn1. The molecule has 13 heteroatoms. The van der Waals surface area contributed by atoms with E-state index in [0.717, 1.165) is 48.1 Å². The number of nitrogens with one attached hydrogen (secondary N) is 2. The van der Waals surface area contributed by atoms with Gasteiger partial charge in [0, 0.05) is 55.1 Å². The van der Waals surface area contributed by atoms with Crippen molar-refractivity contribution in [3.05, 3.63) is 89.9 Å². The van der Waals surface area contributed by atoms with Crippen LogP contribution in [0.15, 0.2) is 67.3 Å². The normalized spacial score (nSPS) is 18.8. The van der Waals surface area contributed by atoms with Crippen molar-refractivity contribution >= 4 is 5.82 Å². The minimum Gasteiger partial charge on any atom is -0.382 e. The van der Waals surface area contributed by atoms with Gasteiger partial charge < -0.3 is 15.5 Å². The molecule has 3 unspecified atom stereocenters. The van der Waals surface area contributed by atoms with Gasteiger partial charge in [0.1, 0.15) is 29.5 Å². The van der Waals surface area contributed by atoms with Gasteiger partial charge in [-0.05, 0) is 49.1 Å². The van der Waals surface area contributed by atoms with Crippen molar-refractivity contribution in [1.29, 1.82) is 5.26 Å². The van der Waals surface area contributed by atoms with Gasteiger partial charge in [-0.3, -0.25) is 15.0 Å². The molecular weight excluding hydrogens is 597 g/mol. The summed E-state index contributed by atoms with van der Waals surface area (Å²) in [7, 11) is 1.86. The topological polar surface area (TPSA) is 145 Å². The number of aryl methyl sites for hydroxylation is 1. The minimum absolute atomic E-state index is 0.00344. The van der Waals surface area contributed by atoms with E-state index in [4.69, 9.17) is 4.98 Å². The second-order valence-corrected chi connectivity index (χ2v) is 11.8. The summed E-state index contributed by atoms with van der Waals surface area (Å²) in [5.74, 6) is 0.496. The number of pyridine rings is 1. The molecule has 0 aliphatic heterocycles. The van der Waals surface area contributed by atoms with Crippen molar-refractivity contribution in [2.75, 3.05) is 11.9 Å². The average Bonchev–Trinajstić information content (AvgIpc) is 3.50. The first-order valence-corrected chi connectivity index (χ1v) is 15.3. The Kier molecular flexibility index (Phi) is 10.6. The molecule has 4 N–H and O–H groups in total. The Labute approximate surface area is 265 Å². The van der Waals surface area contributed by atoms with Crippen LogP contribution in [0.25, 0.3) is 11.1 Å². The van der Waals surface area contributed by atoms with E-state index in [1.807, 2.05) is 68.0 Å². The van der Waals surface area contributed by atoms with Crippen molar-refractivity contribution in [3.63, 3.8) is 0 Å². The molecule has 3 atom stereocenters. The molecule has 1 aliphatic rings. The van der Waals surface area contributed by atoms with Crippen molar-refractivity contribution in [2.45, 2.75) is 63.1 Å². The van der Waals surface area contributed by atoms with Crippen LogP contribution >= 0.6 is 0 Å². The number of aliphatic hydroxyl groups is 2. The number of aliphatic hydroxyl groups excluding tert-OH is 2. The maximum Gasteiger partial charge on any atom is 0.416 e. The van der Waals surface area contributed by atoms with Gasteiger partial charge in [-0.2, -0.15) is 23.5 Å². The highest BCUT2D eigenvalue weighted by Crippen LogP contribution is 2.40. The van der Waals surface area contributed by atoms with Crippen LogP contribution in [0.4, 0.5) is 19.0 Å². The summed E-state index contributed by atoms with van der Waals surface area (Å²) in [6, 6.07) is 15.7. The van der Waals surface area contributed by atoms with Crippen molar-refractivity contribution in [3.8, 4) is 17.2 Å². The molecule has 0 bridgehead atoms. The number of aromatic nitrogens is 5. The highest BCUT2D eigenvalue weighted by Gasteiger charge is 2.38. The second kappa shape index (κ2) is 14.8. The summed E-state index contributed by atoms with van der Waals surface area (Å²) < 4.78 is 40.0. The fourth-order valence-corrected chi connectivity index (χ4v) is 6.00. The molecule has 0 spiro atoms. The van der Waals surface area contributed by atoms with E-state index in [0.29, 0.717) is 18.8 Å². The Balaban J connectivity index is 1.26. The molecule has 3 heterocycles. The molecule has 10 nitrogen and oxygen atoms in total. The third kappa shape index (κ3) is 8.45. The Morgan fingerprint density at radius 1 is 1.00 bits per heavy atom. The number of nitrogens with zero attached hydrogens (tertiary/aromatic N) is 6. The van der Waals surface area contributed by atoms with Crippen molar-refractivity contribution < 1.29 is 23.4 Å². The zero-order chi connectivity index (χ0) is 32.7. The van der Waals surface area contributed by atoms with Crippen LogP contribution in [0, 0.1) is 23.2 Å². The van der Waals surface area contributed by atoms with Crippen LogP contribution in [0.3, 0.4) is 0 Å². The number of anilines is 1. The number of benzene rings is 1. The zero-order valence-corrected chi connectivity index (χ0v) is 25.4. The molecular formula is C33H37F3N8O2. The van der Waals surface area contributed by atoms with E-state index in [1.165, 1.54) is 6.20 Å². The third-order valence-electron chi connectivity index (χ3n) is 8.53. The maximum absolute atomic E-state index is 12.8. The van der Waals surface area contributed by atoms with E-state index >= 15 is 0 Å². The number of hydrogen-bond donors (Lipinski definition) is 4. The molecule has 3 aromatic heterocycles. The van der Waals surface area contributed by atoms with Crippen molar-refractivity contribution in [2.24, 2.45) is 18.9 Å². The van der Waals surface area contributed by atoms with Gasteiger partial charge in [0.25, 0.3) is 0 Å². The highest BCUT2D eigenvalue weighted by molar-refractivity contribution is 5.60. The lowest BCUT2D eigenvalue weighted by Crippen LogP contribution is -2.39. The summed E-state index contributed by atoms with van der Waals surface area (Å²) >= 11 is 0. The molecule has 0 amide bonds. The van der Waals surface area contributed by atoms with E-state index in [9.17, 15) is 28.6 Å². The molecule has 0 saturated heterocycles. The van der Waals surface area contributed by atoms with Gasteiger partial charge >= 0.3 is 6.18 Å². The molecule has 5 rings (SSSR count). The standard InChI is InChI=1S/C33H37F3N8O2/c1-44-20-26(18-42-44)24-11-12-27(38-16-24)30(32(46)41-15-22-5-3-2-4-6-22)23-9-7-21(8-10-23)13-29-39-17-25(14-37)31(43-29)40-19-28(45)33(34,35)36/h2-6,11-12,16-18,20-21,23,28,30,32,41,45-46H,7-10,13,15,19H2,1H3,(H,39,40,43)/t21-,23-,28?,30?,32?. The first kappa shape index (κ1) is 33.0. The van der Waals surface area contributed by atoms with Crippen LogP contribution in [-0.2, 0) is 20.0 Å². The quantitative estimate of drug-likeness (QED) is 0.163. The Morgan fingerprint density at radius 2 is 1.76 bits per heavy atom.